The molecule has 4 nitrogen and oxygen atoms in total. The van der Waals surface area contributed by atoms with E-state index in [1.807, 2.05) is 13.0 Å². The summed E-state index contributed by atoms with van der Waals surface area (Å²) in [6, 6.07) is 0. The highest BCUT2D eigenvalue weighted by molar-refractivity contribution is 5.78. The second-order valence-electron chi connectivity index (χ2n) is 8.12. The van der Waals surface area contributed by atoms with Gasteiger partial charge in [-0.2, -0.15) is 0 Å². The Bertz CT molecular complexity index is 577. The van der Waals surface area contributed by atoms with Crippen molar-refractivity contribution in [1.82, 2.24) is 0 Å². The Morgan fingerprint density at radius 3 is 2.81 bits per heavy atom. The maximum absolute atomic E-state index is 11.6. The number of cyclic esters (lactones) is 1. The third kappa shape index (κ3) is 5.31. The number of esters is 1. The average molecular weight is 363 g/mol. The van der Waals surface area contributed by atoms with Crippen molar-refractivity contribution >= 4 is 5.97 Å². The topological polar surface area (TPSA) is 59.1 Å². The summed E-state index contributed by atoms with van der Waals surface area (Å²) in [6.07, 6.45) is 13.0. The van der Waals surface area contributed by atoms with E-state index >= 15 is 0 Å². The molecule has 4 heteroatoms. The average Bonchev–Trinajstić information content (AvgIpc) is 3.29. The first kappa shape index (κ1) is 20.9. The lowest BCUT2D eigenvalue weighted by molar-refractivity contribution is -0.162. The van der Waals surface area contributed by atoms with Gasteiger partial charge in [-0.15, -0.1) is 0 Å². The van der Waals surface area contributed by atoms with Gasteiger partial charge in [0.15, 0.2) is 12.2 Å². The number of epoxide rings is 1. The first-order valence-corrected chi connectivity index (χ1v) is 9.85. The van der Waals surface area contributed by atoms with Gasteiger partial charge in [-0.25, -0.2) is 4.79 Å². The van der Waals surface area contributed by atoms with Crippen molar-refractivity contribution in [3.8, 4) is 0 Å². The number of rotatable bonds is 9. The van der Waals surface area contributed by atoms with Crippen molar-refractivity contribution < 1.29 is 19.4 Å². The van der Waals surface area contributed by atoms with E-state index in [0.717, 1.165) is 19.3 Å². The zero-order valence-electron chi connectivity index (χ0n) is 16.8. The highest BCUT2D eigenvalue weighted by atomic mass is 16.7. The number of carbonyl (C=O) groups excluding carboxylic acids is 1. The van der Waals surface area contributed by atoms with E-state index in [0.29, 0.717) is 11.8 Å². The predicted octanol–water partition coefficient (Wildman–Crippen LogP) is 4.34. The van der Waals surface area contributed by atoms with Crippen LogP contribution in [0.5, 0.6) is 0 Å². The Morgan fingerprint density at radius 2 is 2.12 bits per heavy atom. The van der Waals surface area contributed by atoms with Crippen LogP contribution in [-0.2, 0) is 14.3 Å². The minimum absolute atomic E-state index is 0.397. The molecule has 0 radical (unpaired) electrons. The highest BCUT2D eigenvalue weighted by Crippen LogP contribution is 2.46. The maximum Gasteiger partial charge on any atom is 0.338 e. The molecule has 0 aromatic heterocycles. The van der Waals surface area contributed by atoms with E-state index in [9.17, 15) is 9.90 Å². The molecular weight excluding hydrogens is 328 g/mol. The van der Waals surface area contributed by atoms with Crippen molar-refractivity contribution in [2.45, 2.75) is 84.2 Å². The van der Waals surface area contributed by atoms with Crippen LogP contribution >= 0.6 is 0 Å². The van der Waals surface area contributed by atoms with Crippen LogP contribution in [0.15, 0.2) is 36.0 Å². The molecule has 0 aromatic carbocycles. The first-order chi connectivity index (χ1) is 12.3. The molecule has 2 saturated heterocycles. The summed E-state index contributed by atoms with van der Waals surface area (Å²) in [6.45, 7) is 10.8. The SMILES string of the molecule is CCC(C)/C=C/C=C(\C)CC(C)CC/C=C/C1OC(=O)C(O)C2OC12C. The van der Waals surface area contributed by atoms with E-state index < -0.39 is 29.9 Å². The molecule has 0 saturated carbocycles. The van der Waals surface area contributed by atoms with E-state index in [1.54, 1.807) is 0 Å². The quantitative estimate of drug-likeness (QED) is 0.287. The molecule has 1 N–H and O–H groups in total. The molecule has 146 valence electrons. The molecular formula is C22H34O4. The molecule has 2 fully saturated rings. The molecule has 0 aromatic rings. The normalized spacial score (nSPS) is 34.0. The fourth-order valence-electron chi connectivity index (χ4n) is 3.38. The number of hydrogen-bond donors (Lipinski definition) is 1. The van der Waals surface area contributed by atoms with E-state index in [1.165, 1.54) is 12.0 Å². The standard InChI is InChI=1S/C22H34O4/c1-6-15(2)11-9-12-17(4)14-16(3)10-7-8-13-18-22(5)20(26-22)19(23)21(24)25-18/h8-9,11-13,15-16,18-20,23H,6-7,10,14H2,1-5H3/b11-9+,13-8+,17-12+. The third-order valence-corrected chi connectivity index (χ3v) is 5.50. The maximum atomic E-state index is 11.6. The fourth-order valence-corrected chi connectivity index (χ4v) is 3.38. The van der Waals surface area contributed by atoms with Gasteiger partial charge in [-0.3, -0.25) is 0 Å². The summed E-state index contributed by atoms with van der Waals surface area (Å²) in [5.74, 6) is 0.650. The van der Waals surface area contributed by atoms with Crippen molar-refractivity contribution in [3.63, 3.8) is 0 Å². The van der Waals surface area contributed by atoms with Gasteiger partial charge in [-0.05, 0) is 51.0 Å². The van der Waals surface area contributed by atoms with Gasteiger partial charge in [0, 0.05) is 0 Å². The molecule has 2 aliphatic heterocycles. The summed E-state index contributed by atoms with van der Waals surface area (Å²) in [4.78, 5) is 11.6. The van der Waals surface area contributed by atoms with Crippen LogP contribution in [0, 0.1) is 11.8 Å². The third-order valence-electron chi connectivity index (χ3n) is 5.50. The highest BCUT2D eigenvalue weighted by Gasteiger charge is 2.67. The molecule has 0 amide bonds. The minimum Gasteiger partial charge on any atom is -0.453 e. The van der Waals surface area contributed by atoms with Crippen molar-refractivity contribution in [3.05, 3.63) is 36.0 Å². The van der Waals surface area contributed by atoms with E-state index in [-0.39, 0.29) is 0 Å². The van der Waals surface area contributed by atoms with Crippen LogP contribution in [0.3, 0.4) is 0 Å². The smallest absolute Gasteiger partial charge is 0.338 e. The van der Waals surface area contributed by atoms with Gasteiger partial charge in [0.25, 0.3) is 0 Å². The van der Waals surface area contributed by atoms with Crippen molar-refractivity contribution in [1.29, 1.82) is 0 Å². The van der Waals surface area contributed by atoms with Crippen LogP contribution in [0.25, 0.3) is 0 Å². The number of fused-ring (bicyclic) bond motifs is 1. The minimum atomic E-state index is -1.14. The molecule has 0 bridgehead atoms. The number of allylic oxidation sites excluding steroid dienone is 5. The van der Waals surface area contributed by atoms with Crippen LogP contribution in [0.2, 0.25) is 0 Å². The van der Waals surface area contributed by atoms with Gasteiger partial charge in [-0.1, -0.05) is 57.1 Å². The molecule has 2 rings (SSSR count). The fraction of sp³-hybridized carbons (Fsp3) is 0.682. The van der Waals surface area contributed by atoms with Gasteiger partial charge in [0.05, 0.1) is 0 Å². The number of ether oxygens (including phenoxy) is 2. The van der Waals surface area contributed by atoms with Gasteiger partial charge >= 0.3 is 5.97 Å². The van der Waals surface area contributed by atoms with E-state index in [4.69, 9.17) is 9.47 Å². The number of aliphatic hydroxyl groups is 1. The van der Waals surface area contributed by atoms with Crippen LogP contribution < -0.4 is 0 Å². The van der Waals surface area contributed by atoms with Crippen LogP contribution in [0.1, 0.15) is 60.3 Å². The zero-order valence-corrected chi connectivity index (χ0v) is 16.8. The molecule has 26 heavy (non-hydrogen) atoms. The number of carbonyl (C=O) groups is 1. The second kappa shape index (κ2) is 9.01. The second-order valence-corrected chi connectivity index (χ2v) is 8.12. The zero-order chi connectivity index (χ0) is 19.3. The Labute approximate surface area is 158 Å². The summed E-state index contributed by atoms with van der Waals surface area (Å²) >= 11 is 0. The first-order valence-electron chi connectivity index (χ1n) is 9.85. The molecule has 6 atom stereocenters. The summed E-state index contributed by atoms with van der Waals surface area (Å²) in [5, 5.41) is 9.67. The summed E-state index contributed by atoms with van der Waals surface area (Å²) in [5.41, 5.74) is 0.842. The van der Waals surface area contributed by atoms with Crippen LogP contribution in [-0.4, -0.2) is 35.0 Å². The monoisotopic (exact) mass is 362 g/mol. The molecule has 2 aliphatic rings. The molecule has 0 aliphatic carbocycles. The number of aliphatic hydroxyl groups excluding tert-OH is 1. The Balaban J connectivity index is 1.72. The Morgan fingerprint density at radius 1 is 1.38 bits per heavy atom. The van der Waals surface area contributed by atoms with Gasteiger partial charge in [0.2, 0.25) is 0 Å². The van der Waals surface area contributed by atoms with Crippen molar-refractivity contribution in [2.75, 3.05) is 0 Å². The molecule has 2 heterocycles. The largest absolute Gasteiger partial charge is 0.453 e. The van der Waals surface area contributed by atoms with Gasteiger partial charge in [0.1, 0.15) is 11.7 Å². The Kier molecular flexibility index (Phi) is 7.24. The summed E-state index contributed by atoms with van der Waals surface area (Å²) < 4.78 is 10.8. The predicted molar refractivity (Wildman–Crippen MR) is 104 cm³/mol. The molecule has 0 spiro atoms. The van der Waals surface area contributed by atoms with Gasteiger partial charge < -0.3 is 14.6 Å². The summed E-state index contributed by atoms with van der Waals surface area (Å²) in [7, 11) is 0. The van der Waals surface area contributed by atoms with E-state index in [2.05, 4.69) is 52.0 Å². The molecule has 6 unspecified atom stereocenters. The number of hydrogen-bond acceptors (Lipinski definition) is 4. The lowest BCUT2D eigenvalue weighted by atomic mass is 9.93. The van der Waals surface area contributed by atoms with Crippen molar-refractivity contribution in [2.24, 2.45) is 11.8 Å². The Hall–Kier alpha value is -1.39. The lowest BCUT2D eigenvalue weighted by Crippen LogP contribution is -2.46. The lowest BCUT2D eigenvalue weighted by Gasteiger charge is -2.25. The van der Waals surface area contributed by atoms with Crippen LogP contribution in [0.4, 0.5) is 0 Å².